The van der Waals surface area contributed by atoms with Gasteiger partial charge in [0, 0.05) is 53.2 Å². The van der Waals surface area contributed by atoms with E-state index in [1.165, 1.54) is 30.9 Å². The average molecular weight is 784 g/mol. The van der Waals surface area contributed by atoms with Crippen molar-refractivity contribution in [1.82, 2.24) is 15.0 Å². The first-order chi connectivity index (χ1) is 29.7. The summed E-state index contributed by atoms with van der Waals surface area (Å²) in [5, 5.41) is 7.05. The maximum Gasteiger partial charge on any atom is 0.164 e. The first kappa shape index (κ1) is 34.3. The average Bonchev–Trinajstić information content (AvgIpc) is 3.90. The molecule has 0 atom stereocenters. The van der Waals surface area contributed by atoms with Crippen molar-refractivity contribution < 1.29 is 4.42 Å². The quantitative estimate of drug-likeness (QED) is 0.169. The number of hydrogen-bond donors (Lipinski definition) is 0. The minimum Gasteiger partial charge on any atom is -0.456 e. The molecule has 60 heavy (non-hydrogen) atoms. The third kappa shape index (κ3) is 5.78. The van der Waals surface area contributed by atoms with Gasteiger partial charge in [0.15, 0.2) is 17.5 Å². The van der Waals surface area contributed by atoms with E-state index in [2.05, 4.69) is 182 Å². The largest absolute Gasteiger partial charge is 0.456 e. The molecule has 280 valence electrons. The molecule has 12 aromatic rings. The Labute approximate surface area is 349 Å². The summed E-state index contributed by atoms with van der Waals surface area (Å²) < 4.78 is 9.09. The third-order valence-electron chi connectivity index (χ3n) is 11.5. The maximum atomic E-state index is 6.54. The molecular weight excluding hydrogens is 751 g/mol. The van der Waals surface area contributed by atoms with Gasteiger partial charge >= 0.3 is 0 Å². The van der Waals surface area contributed by atoms with Crippen molar-refractivity contribution in [1.29, 1.82) is 0 Å². The summed E-state index contributed by atoms with van der Waals surface area (Å²) in [5.41, 5.74) is 10.9. The van der Waals surface area contributed by atoms with Gasteiger partial charge in [-0.2, -0.15) is 0 Å². The zero-order chi connectivity index (χ0) is 39.6. The fourth-order valence-electron chi connectivity index (χ4n) is 8.68. The molecule has 0 aliphatic rings. The van der Waals surface area contributed by atoms with Crippen molar-refractivity contribution in [3.8, 4) is 67.5 Å². The Morgan fingerprint density at radius 2 is 0.950 bits per heavy atom. The molecular formula is C55H33N3OS. The topological polar surface area (TPSA) is 51.8 Å². The predicted octanol–water partition coefficient (Wildman–Crippen LogP) is 15.3. The Morgan fingerprint density at radius 1 is 0.333 bits per heavy atom. The summed E-state index contributed by atoms with van der Waals surface area (Å²) in [5.74, 6) is 1.76. The van der Waals surface area contributed by atoms with Crippen LogP contribution in [0.15, 0.2) is 205 Å². The molecule has 0 fully saturated rings. The molecule has 0 bridgehead atoms. The van der Waals surface area contributed by atoms with E-state index >= 15 is 0 Å². The SMILES string of the molecule is c1ccc(-c2cc(-c3ccc4sc5ccccc5c4c3)c(-c3ccccc3)c(-c3nc(-c4ccccc4)nc(-c4ccc5c(c4)oc4ccc6ccccc6c45)n3)c2)cc1. The number of rotatable bonds is 6. The molecule has 0 saturated carbocycles. The molecule has 0 unspecified atom stereocenters. The zero-order valence-electron chi connectivity index (χ0n) is 32.2. The molecule has 9 aromatic carbocycles. The van der Waals surface area contributed by atoms with Crippen molar-refractivity contribution in [2.45, 2.75) is 0 Å². The summed E-state index contributed by atoms with van der Waals surface area (Å²) in [4.78, 5) is 15.9. The highest BCUT2D eigenvalue weighted by Crippen LogP contribution is 2.45. The van der Waals surface area contributed by atoms with Crippen LogP contribution in [0.4, 0.5) is 0 Å². The van der Waals surface area contributed by atoms with E-state index in [-0.39, 0.29) is 0 Å². The van der Waals surface area contributed by atoms with Gasteiger partial charge in [0.05, 0.1) is 0 Å². The van der Waals surface area contributed by atoms with Crippen LogP contribution >= 0.6 is 11.3 Å². The zero-order valence-corrected chi connectivity index (χ0v) is 33.0. The highest BCUT2D eigenvalue weighted by atomic mass is 32.1. The van der Waals surface area contributed by atoms with Crippen molar-refractivity contribution in [2.75, 3.05) is 0 Å². The molecule has 0 aliphatic carbocycles. The molecule has 4 nitrogen and oxygen atoms in total. The monoisotopic (exact) mass is 783 g/mol. The van der Waals surface area contributed by atoms with Crippen LogP contribution in [0.2, 0.25) is 0 Å². The standard InChI is InChI=1S/C55H33N3OS/c1-4-14-34(15-5-1)40-31-44(38-26-29-50-45(30-38)42-22-12-13-23-49(42)60-50)51(36-17-6-2-7-18-36)46(32-40)55-57-53(37-19-8-3-9-20-37)56-54(58-55)39-24-27-43-48(33-39)59-47-28-25-35-16-10-11-21-41(35)52(43)47/h1-33H. The normalized spacial score (nSPS) is 11.7. The van der Waals surface area contributed by atoms with E-state index in [0.717, 1.165) is 72.0 Å². The Kier molecular flexibility index (Phi) is 8.00. The lowest BCUT2D eigenvalue weighted by Crippen LogP contribution is -2.02. The van der Waals surface area contributed by atoms with Crippen LogP contribution in [0, 0.1) is 0 Å². The fraction of sp³-hybridized carbons (Fsp3) is 0. The van der Waals surface area contributed by atoms with Crippen LogP contribution in [-0.4, -0.2) is 15.0 Å². The number of fused-ring (bicyclic) bond motifs is 8. The molecule has 0 saturated heterocycles. The van der Waals surface area contributed by atoms with E-state index in [9.17, 15) is 0 Å². The van der Waals surface area contributed by atoms with Gasteiger partial charge in [0.2, 0.25) is 0 Å². The Hall–Kier alpha value is -7.73. The Bertz CT molecular complexity index is 3590. The van der Waals surface area contributed by atoms with Crippen LogP contribution in [-0.2, 0) is 0 Å². The maximum absolute atomic E-state index is 6.54. The van der Waals surface area contributed by atoms with E-state index in [1.807, 2.05) is 29.5 Å². The summed E-state index contributed by atoms with van der Waals surface area (Å²) >= 11 is 1.83. The minimum atomic E-state index is 0.572. The molecule has 0 spiro atoms. The van der Waals surface area contributed by atoms with Gasteiger partial charge in [0.1, 0.15) is 11.2 Å². The van der Waals surface area contributed by atoms with E-state index in [4.69, 9.17) is 19.4 Å². The Balaban J connectivity index is 1.13. The lowest BCUT2D eigenvalue weighted by atomic mass is 9.86. The molecule has 0 aliphatic heterocycles. The van der Waals surface area contributed by atoms with Crippen LogP contribution in [0.3, 0.4) is 0 Å². The smallest absolute Gasteiger partial charge is 0.164 e. The van der Waals surface area contributed by atoms with Gasteiger partial charge in [-0.1, -0.05) is 152 Å². The number of aromatic nitrogens is 3. The molecule has 0 radical (unpaired) electrons. The summed E-state index contributed by atoms with van der Waals surface area (Å²) in [6.45, 7) is 0. The number of furan rings is 1. The number of benzene rings is 9. The van der Waals surface area contributed by atoms with Crippen molar-refractivity contribution in [3.63, 3.8) is 0 Å². The van der Waals surface area contributed by atoms with Gasteiger partial charge < -0.3 is 4.42 Å². The van der Waals surface area contributed by atoms with Crippen molar-refractivity contribution in [2.24, 2.45) is 0 Å². The highest BCUT2D eigenvalue weighted by Gasteiger charge is 2.22. The second-order valence-corrected chi connectivity index (χ2v) is 16.2. The van der Waals surface area contributed by atoms with Crippen LogP contribution < -0.4 is 0 Å². The highest BCUT2D eigenvalue weighted by molar-refractivity contribution is 7.25. The predicted molar refractivity (Wildman–Crippen MR) is 250 cm³/mol. The number of thiophene rings is 1. The summed E-state index contributed by atoms with van der Waals surface area (Å²) in [6, 6.07) is 70.5. The molecule has 0 N–H and O–H groups in total. The van der Waals surface area contributed by atoms with E-state index in [0.29, 0.717) is 17.5 Å². The summed E-state index contributed by atoms with van der Waals surface area (Å²) in [7, 11) is 0. The van der Waals surface area contributed by atoms with Crippen molar-refractivity contribution >= 4 is 64.2 Å². The van der Waals surface area contributed by atoms with E-state index < -0.39 is 0 Å². The van der Waals surface area contributed by atoms with Gasteiger partial charge in [-0.05, 0) is 87.1 Å². The third-order valence-corrected chi connectivity index (χ3v) is 12.7. The molecule has 0 amide bonds. The molecule has 3 heterocycles. The second kappa shape index (κ2) is 14.0. The number of hydrogen-bond acceptors (Lipinski definition) is 5. The lowest BCUT2D eigenvalue weighted by molar-refractivity contribution is 0.669. The first-order valence-electron chi connectivity index (χ1n) is 20.1. The van der Waals surface area contributed by atoms with Gasteiger partial charge in [-0.15, -0.1) is 11.3 Å². The first-order valence-corrected chi connectivity index (χ1v) is 20.9. The van der Waals surface area contributed by atoms with Crippen LogP contribution in [0.1, 0.15) is 0 Å². The van der Waals surface area contributed by atoms with Gasteiger partial charge in [-0.25, -0.2) is 15.0 Å². The van der Waals surface area contributed by atoms with Crippen LogP contribution in [0.25, 0.3) is 120 Å². The lowest BCUT2D eigenvalue weighted by Gasteiger charge is -2.19. The molecule has 3 aromatic heterocycles. The molecule has 12 rings (SSSR count). The Morgan fingerprint density at radius 3 is 1.75 bits per heavy atom. The van der Waals surface area contributed by atoms with E-state index in [1.54, 1.807) is 0 Å². The fourth-order valence-corrected chi connectivity index (χ4v) is 9.77. The van der Waals surface area contributed by atoms with Crippen molar-refractivity contribution in [3.05, 3.63) is 200 Å². The van der Waals surface area contributed by atoms with Gasteiger partial charge in [0.25, 0.3) is 0 Å². The van der Waals surface area contributed by atoms with Gasteiger partial charge in [-0.3, -0.25) is 0 Å². The summed E-state index contributed by atoms with van der Waals surface area (Å²) in [6.07, 6.45) is 0. The van der Waals surface area contributed by atoms with Crippen LogP contribution in [0.5, 0.6) is 0 Å². The molecule has 5 heteroatoms. The minimum absolute atomic E-state index is 0.572. The second-order valence-electron chi connectivity index (χ2n) is 15.1. The number of nitrogens with zero attached hydrogens (tertiary/aromatic N) is 3.